The van der Waals surface area contributed by atoms with Crippen molar-refractivity contribution >= 4 is 5.91 Å². The number of nitrogens with zero attached hydrogens (tertiary/aromatic N) is 1. The van der Waals surface area contributed by atoms with Crippen molar-refractivity contribution in [2.45, 2.75) is 32.2 Å². The van der Waals surface area contributed by atoms with E-state index < -0.39 is 0 Å². The zero-order chi connectivity index (χ0) is 18.2. The van der Waals surface area contributed by atoms with E-state index in [2.05, 4.69) is 17.1 Å². The maximum Gasteiger partial charge on any atom is 0.258 e. The van der Waals surface area contributed by atoms with Crippen LogP contribution in [0, 0.1) is 0 Å². The second-order valence-corrected chi connectivity index (χ2v) is 6.83. The molecule has 0 atom stereocenters. The van der Waals surface area contributed by atoms with Gasteiger partial charge in [-0.25, -0.2) is 0 Å². The van der Waals surface area contributed by atoms with Crippen LogP contribution in [-0.2, 0) is 4.79 Å². The van der Waals surface area contributed by atoms with Crippen LogP contribution in [0.1, 0.15) is 26.2 Å². The number of ether oxygens (including phenoxy) is 1. The molecule has 1 saturated heterocycles. The standard InChI is InChI=1S/C22H28N2O2/c1-2-14-24-15-12-19(13-16-24)23-22(25)17-26-21-11-7-6-10-20(21)18-8-4-3-5-9-18/h3-11,19H,2,12-17H2,1H3,(H,23,25). The van der Waals surface area contributed by atoms with E-state index in [0.717, 1.165) is 49.4 Å². The van der Waals surface area contributed by atoms with Gasteiger partial charge in [0.25, 0.3) is 5.91 Å². The zero-order valence-electron chi connectivity index (χ0n) is 15.5. The van der Waals surface area contributed by atoms with Gasteiger partial charge in [0.05, 0.1) is 0 Å². The van der Waals surface area contributed by atoms with Crippen LogP contribution in [0.2, 0.25) is 0 Å². The molecular formula is C22H28N2O2. The molecule has 1 aliphatic rings. The summed E-state index contributed by atoms with van der Waals surface area (Å²) in [4.78, 5) is 14.8. The molecule has 1 heterocycles. The van der Waals surface area contributed by atoms with Crippen molar-refractivity contribution < 1.29 is 9.53 Å². The molecule has 26 heavy (non-hydrogen) atoms. The minimum Gasteiger partial charge on any atom is -0.483 e. The average molecular weight is 352 g/mol. The van der Waals surface area contributed by atoms with Crippen molar-refractivity contribution in [3.8, 4) is 16.9 Å². The highest BCUT2D eigenvalue weighted by molar-refractivity contribution is 5.78. The largest absolute Gasteiger partial charge is 0.483 e. The van der Waals surface area contributed by atoms with E-state index in [0.29, 0.717) is 0 Å². The summed E-state index contributed by atoms with van der Waals surface area (Å²) < 4.78 is 5.83. The maximum atomic E-state index is 12.3. The maximum absolute atomic E-state index is 12.3. The van der Waals surface area contributed by atoms with E-state index in [4.69, 9.17) is 4.74 Å². The van der Waals surface area contributed by atoms with Crippen LogP contribution >= 0.6 is 0 Å². The lowest BCUT2D eigenvalue weighted by Gasteiger charge is -2.32. The topological polar surface area (TPSA) is 41.6 Å². The van der Waals surface area contributed by atoms with Crippen molar-refractivity contribution in [3.63, 3.8) is 0 Å². The number of carbonyl (C=O) groups is 1. The van der Waals surface area contributed by atoms with Crippen LogP contribution in [0.3, 0.4) is 0 Å². The van der Waals surface area contributed by atoms with Crippen LogP contribution in [-0.4, -0.2) is 43.1 Å². The van der Waals surface area contributed by atoms with Gasteiger partial charge in [-0.1, -0.05) is 55.5 Å². The lowest BCUT2D eigenvalue weighted by molar-refractivity contribution is -0.124. The van der Waals surface area contributed by atoms with Crippen molar-refractivity contribution in [2.24, 2.45) is 0 Å². The Kier molecular flexibility index (Phi) is 6.67. The molecule has 4 heteroatoms. The highest BCUT2D eigenvalue weighted by atomic mass is 16.5. The summed E-state index contributed by atoms with van der Waals surface area (Å²) in [6, 6.07) is 18.2. The smallest absolute Gasteiger partial charge is 0.258 e. The zero-order valence-corrected chi connectivity index (χ0v) is 15.5. The number of para-hydroxylation sites is 1. The van der Waals surface area contributed by atoms with Crippen LogP contribution < -0.4 is 10.1 Å². The van der Waals surface area contributed by atoms with Gasteiger partial charge in [-0.3, -0.25) is 4.79 Å². The Morgan fingerprint density at radius 3 is 2.50 bits per heavy atom. The lowest BCUT2D eigenvalue weighted by atomic mass is 10.0. The van der Waals surface area contributed by atoms with Gasteiger partial charge in [0.1, 0.15) is 5.75 Å². The lowest BCUT2D eigenvalue weighted by Crippen LogP contribution is -2.46. The van der Waals surface area contributed by atoms with Crippen molar-refractivity contribution in [1.82, 2.24) is 10.2 Å². The Hall–Kier alpha value is -2.33. The molecule has 1 fully saturated rings. The van der Waals surface area contributed by atoms with E-state index in [9.17, 15) is 4.79 Å². The van der Waals surface area contributed by atoms with E-state index in [1.54, 1.807) is 0 Å². The first-order valence-electron chi connectivity index (χ1n) is 9.55. The minimum absolute atomic E-state index is 0.0400. The fourth-order valence-corrected chi connectivity index (χ4v) is 3.48. The summed E-state index contributed by atoms with van der Waals surface area (Å²) in [7, 11) is 0. The third-order valence-electron chi connectivity index (χ3n) is 4.82. The highest BCUT2D eigenvalue weighted by Crippen LogP contribution is 2.29. The minimum atomic E-state index is -0.0400. The van der Waals surface area contributed by atoms with Crippen LogP contribution in [0.25, 0.3) is 11.1 Å². The first-order valence-corrected chi connectivity index (χ1v) is 9.55. The number of likely N-dealkylation sites (tertiary alicyclic amines) is 1. The summed E-state index contributed by atoms with van der Waals surface area (Å²) in [5.74, 6) is 0.702. The number of rotatable bonds is 7. The molecule has 0 bridgehead atoms. The molecule has 1 aliphatic heterocycles. The second kappa shape index (κ2) is 9.39. The molecule has 0 radical (unpaired) electrons. The Bertz CT molecular complexity index is 694. The van der Waals surface area contributed by atoms with Crippen molar-refractivity contribution in [1.29, 1.82) is 0 Å². The molecule has 0 aliphatic carbocycles. The fourth-order valence-electron chi connectivity index (χ4n) is 3.48. The molecule has 0 spiro atoms. The van der Waals surface area contributed by atoms with E-state index in [-0.39, 0.29) is 18.6 Å². The summed E-state index contributed by atoms with van der Waals surface area (Å²) in [6.07, 6.45) is 3.23. The fraction of sp³-hybridized carbons (Fsp3) is 0.409. The number of carbonyl (C=O) groups excluding carboxylic acids is 1. The molecular weight excluding hydrogens is 324 g/mol. The normalized spacial score (nSPS) is 15.6. The number of hydrogen-bond donors (Lipinski definition) is 1. The summed E-state index contributed by atoms with van der Waals surface area (Å²) >= 11 is 0. The Labute approximate surface area is 156 Å². The van der Waals surface area contributed by atoms with Gasteiger partial charge < -0.3 is 15.0 Å². The third-order valence-corrected chi connectivity index (χ3v) is 4.82. The average Bonchev–Trinajstić information content (AvgIpc) is 2.69. The van der Waals surface area contributed by atoms with Gasteiger partial charge in [-0.05, 0) is 37.4 Å². The van der Waals surface area contributed by atoms with Gasteiger partial charge in [-0.2, -0.15) is 0 Å². The Morgan fingerprint density at radius 2 is 1.77 bits per heavy atom. The first kappa shape index (κ1) is 18.5. The van der Waals surface area contributed by atoms with E-state index >= 15 is 0 Å². The SMILES string of the molecule is CCCN1CCC(NC(=O)COc2ccccc2-c2ccccc2)CC1. The molecule has 2 aromatic carbocycles. The summed E-state index contributed by atoms with van der Waals surface area (Å²) in [5.41, 5.74) is 2.10. The Balaban J connectivity index is 1.51. The molecule has 1 N–H and O–H groups in total. The van der Waals surface area contributed by atoms with Crippen LogP contribution in [0.15, 0.2) is 54.6 Å². The molecule has 1 amide bonds. The van der Waals surface area contributed by atoms with Crippen molar-refractivity contribution in [2.75, 3.05) is 26.2 Å². The molecule has 2 aromatic rings. The number of piperidine rings is 1. The van der Waals surface area contributed by atoms with Gasteiger partial charge in [0.2, 0.25) is 0 Å². The van der Waals surface area contributed by atoms with Gasteiger partial charge >= 0.3 is 0 Å². The number of nitrogens with one attached hydrogen (secondary N) is 1. The predicted molar refractivity (Wildman–Crippen MR) is 105 cm³/mol. The number of hydrogen-bond acceptors (Lipinski definition) is 3. The molecule has 0 saturated carbocycles. The molecule has 4 nitrogen and oxygen atoms in total. The molecule has 138 valence electrons. The number of benzene rings is 2. The van der Waals surface area contributed by atoms with Gasteiger partial charge in [0, 0.05) is 24.7 Å². The van der Waals surface area contributed by atoms with Crippen molar-refractivity contribution in [3.05, 3.63) is 54.6 Å². The quantitative estimate of drug-likeness (QED) is 0.826. The van der Waals surface area contributed by atoms with Crippen LogP contribution in [0.4, 0.5) is 0 Å². The Morgan fingerprint density at radius 1 is 1.08 bits per heavy atom. The molecule has 0 aromatic heterocycles. The summed E-state index contributed by atoms with van der Waals surface area (Å²) in [5, 5.41) is 3.12. The van der Waals surface area contributed by atoms with Gasteiger partial charge in [0.15, 0.2) is 6.61 Å². The third kappa shape index (κ3) is 5.09. The van der Waals surface area contributed by atoms with E-state index in [1.165, 1.54) is 6.42 Å². The predicted octanol–water partition coefficient (Wildman–Crippen LogP) is 3.72. The van der Waals surface area contributed by atoms with E-state index in [1.807, 2.05) is 54.6 Å². The first-order chi connectivity index (χ1) is 12.8. The number of amides is 1. The highest BCUT2D eigenvalue weighted by Gasteiger charge is 2.20. The molecule has 0 unspecified atom stereocenters. The summed E-state index contributed by atoms with van der Waals surface area (Å²) in [6.45, 7) is 5.55. The van der Waals surface area contributed by atoms with Gasteiger partial charge in [-0.15, -0.1) is 0 Å². The molecule has 3 rings (SSSR count). The van der Waals surface area contributed by atoms with Crippen LogP contribution in [0.5, 0.6) is 5.75 Å². The monoisotopic (exact) mass is 352 g/mol. The second-order valence-electron chi connectivity index (χ2n) is 6.83.